The number of fused-ring (bicyclic) bond motifs is 2. The van der Waals surface area contributed by atoms with Crippen LogP contribution in [0.4, 0.5) is 19.0 Å². The summed E-state index contributed by atoms with van der Waals surface area (Å²) in [7, 11) is -2.32. The lowest BCUT2D eigenvalue weighted by molar-refractivity contribution is -0.192. The predicted molar refractivity (Wildman–Crippen MR) is 144 cm³/mol. The SMILES string of the molecule is COc1ccc2ccc(S(=O)(=O)N[C@@H]3CCN(Cc4ccc5ccnc(N)c5c4)C3=O)cc2c1.O=C(O)C(F)(F)F. The van der Waals surface area contributed by atoms with Crippen LogP contribution < -0.4 is 15.2 Å². The van der Waals surface area contributed by atoms with Crippen molar-refractivity contribution in [3.8, 4) is 5.75 Å². The van der Waals surface area contributed by atoms with Gasteiger partial charge >= 0.3 is 12.1 Å². The summed E-state index contributed by atoms with van der Waals surface area (Å²) in [6.07, 6.45) is -3.03. The Hall–Kier alpha value is -4.43. The molecule has 1 aromatic heterocycles. The number of alkyl halides is 3. The zero-order valence-corrected chi connectivity index (χ0v) is 22.4. The summed E-state index contributed by atoms with van der Waals surface area (Å²) in [4.78, 5) is 27.8. The molecular weight excluding hydrogens is 565 g/mol. The van der Waals surface area contributed by atoms with Gasteiger partial charge in [0.05, 0.1) is 12.0 Å². The molecular formula is C27H25F3N4O6S. The lowest BCUT2D eigenvalue weighted by Gasteiger charge is -2.18. The molecule has 4 aromatic rings. The molecule has 0 saturated carbocycles. The number of nitrogens with two attached hydrogens (primary N) is 1. The molecule has 1 saturated heterocycles. The van der Waals surface area contributed by atoms with Gasteiger partial charge in [-0.05, 0) is 64.5 Å². The van der Waals surface area contributed by atoms with Gasteiger partial charge in [0.25, 0.3) is 0 Å². The average molecular weight is 591 g/mol. The third-order valence-corrected chi connectivity index (χ3v) is 7.87. The van der Waals surface area contributed by atoms with Crippen molar-refractivity contribution in [2.45, 2.75) is 30.1 Å². The molecule has 1 aliphatic rings. The molecule has 0 bridgehead atoms. The lowest BCUT2D eigenvalue weighted by atomic mass is 10.1. The predicted octanol–water partition coefficient (Wildman–Crippen LogP) is 3.69. The van der Waals surface area contributed by atoms with Crippen molar-refractivity contribution in [3.63, 3.8) is 0 Å². The number of aromatic nitrogens is 1. The summed E-state index contributed by atoms with van der Waals surface area (Å²) >= 11 is 0. The zero-order valence-electron chi connectivity index (χ0n) is 21.6. The number of amides is 1. The second-order valence-electron chi connectivity index (χ2n) is 9.15. The van der Waals surface area contributed by atoms with E-state index in [0.29, 0.717) is 31.1 Å². The van der Waals surface area contributed by atoms with Crippen molar-refractivity contribution in [2.75, 3.05) is 19.4 Å². The highest BCUT2D eigenvalue weighted by Crippen LogP contribution is 2.26. The highest BCUT2D eigenvalue weighted by molar-refractivity contribution is 7.89. The van der Waals surface area contributed by atoms with Crippen LogP contribution in [0.2, 0.25) is 0 Å². The molecule has 5 rings (SSSR count). The van der Waals surface area contributed by atoms with Crippen molar-refractivity contribution < 1.29 is 41.0 Å². The topological polar surface area (TPSA) is 152 Å². The molecule has 1 amide bonds. The number of rotatable bonds is 6. The molecule has 3 aromatic carbocycles. The van der Waals surface area contributed by atoms with E-state index in [0.717, 1.165) is 27.1 Å². The van der Waals surface area contributed by atoms with Gasteiger partial charge in [0.2, 0.25) is 15.9 Å². The van der Waals surface area contributed by atoms with Crippen molar-refractivity contribution in [3.05, 3.63) is 72.4 Å². The quantitative estimate of drug-likeness (QED) is 0.308. The summed E-state index contributed by atoms with van der Waals surface area (Å²) in [6.45, 7) is 0.832. The van der Waals surface area contributed by atoms with Crippen LogP contribution in [-0.4, -0.2) is 61.2 Å². The first-order valence-electron chi connectivity index (χ1n) is 12.1. The maximum Gasteiger partial charge on any atom is 0.490 e. The molecule has 1 atom stereocenters. The first-order chi connectivity index (χ1) is 19.3. The number of pyridine rings is 1. The second-order valence-corrected chi connectivity index (χ2v) is 10.9. The highest BCUT2D eigenvalue weighted by atomic mass is 32.2. The van der Waals surface area contributed by atoms with E-state index in [1.807, 2.05) is 36.4 Å². The van der Waals surface area contributed by atoms with Gasteiger partial charge in [-0.25, -0.2) is 18.2 Å². The zero-order chi connectivity index (χ0) is 29.9. The van der Waals surface area contributed by atoms with Crippen molar-refractivity contribution >= 4 is 49.3 Å². The summed E-state index contributed by atoms with van der Waals surface area (Å²) in [5.41, 5.74) is 6.89. The molecule has 2 heterocycles. The number of carboxylic acids is 1. The number of hydrogen-bond donors (Lipinski definition) is 3. The smallest absolute Gasteiger partial charge is 0.490 e. The van der Waals surface area contributed by atoms with E-state index in [1.54, 1.807) is 42.5 Å². The Morgan fingerprint density at radius 2 is 1.78 bits per heavy atom. The Bertz CT molecular complexity index is 1730. The van der Waals surface area contributed by atoms with E-state index in [4.69, 9.17) is 20.4 Å². The Morgan fingerprint density at radius 1 is 1.10 bits per heavy atom. The van der Waals surface area contributed by atoms with Crippen LogP contribution in [0, 0.1) is 0 Å². The number of carboxylic acid groups (broad SMARTS) is 1. The van der Waals surface area contributed by atoms with Gasteiger partial charge < -0.3 is 20.5 Å². The van der Waals surface area contributed by atoms with Gasteiger partial charge in [0, 0.05) is 24.7 Å². The van der Waals surface area contributed by atoms with Crippen molar-refractivity contribution in [2.24, 2.45) is 0 Å². The Balaban J connectivity index is 0.000000493. The fraction of sp³-hybridized carbons (Fsp3) is 0.222. The summed E-state index contributed by atoms with van der Waals surface area (Å²) in [6, 6.07) is 17.2. The molecule has 1 fully saturated rings. The molecule has 1 aliphatic heterocycles. The van der Waals surface area contributed by atoms with Gasteiger partial charge in [0.15, 0.2) is 0 Å². The molecule has 216 valence electrons. The maximum atomic E-state index is 13.0. The number of benzene rings is 3. The fourth-order valence-electron chi connectivity index (χ4n) is 4.31. The molecule has 0 unspecified atom stereocenters. The number of nitrogens with zero attached hydrogens (tertiary/aromatic N) is 2. The van der Waals surface area contributed by atoms with Crippen LogP contribution in [-0.2, 0) is 26.2 Å². The van der Waals surface area contributed by atoms with Crippen LogP contribution in [0.5, 0.6) is 5.75 Å². The first-order valence-corrected chi connectivity index (χ1v) is 13.6. The summed E-state index contributed by atoms with van der Waals surface area (Å²) in [5, 5.41) is 10.6. The third kappa shape index (κ3) is 6.84. The fourth-order valence-corrected chi connectivity index (χ4v) is 5.57. The number of likely N-dealkylation sites (tertiary alicyclic amines) is 1. The average Bonchev–Trinajstić information content (AvgIpc) is 3.26. The van der Waals surface area contributed by atoms with Gasteiger partial charge in [-0.1, -0.05) is 24.3 Å². The number of nitrogen functional groups attached to an aromatic ring is 1. The first kappa shape index (κ1) is 29.6. The van der Waals surface area contributed by atoms with Crippen molar-refractivity contribution in [1.29, 1.82) is 0 Å². The lowest BCUT2D eigenvalue weighted by Crippen LogP contribution is -2.41. The largest absolute Gasteiger partial charge is 0.497 e. The monoisotopic (exact) mass is 590 g/mol. The van der Waals surface area contributed by atoms with Gasteiger partial charge in [0.1, 0.15) is 17.6 Å². The van der Waals surface area contributed by atoms with E-state index in [-0.39, 0.29) is 10.8 Å². The molecule has 0 spiro atoms. The molecule has 4 N–H and O–H groups in total. The Labute approximate surface area is 232 Å². The number of anilines is 1. The summed E-state index contributed by atoms with van der Waals surface area (Å²) < 4.78 is 65.7. The van der Waals surface area contributed by atoms with E-state index in [9.17, 15) is 26.4 Å². The van der Waals surface area contributed by atoms with E-state index >= 15 is 0 Å². The van der Waals surface area contributed by atoms with E-state index in [1.165, 1.54) is 0 Å². The number of ether oxygens (including phenoxy) is 1. The van der Waals surface area contributed by atoms with Crippen LogP contribution in [0.3, 0.4) is 0 Å². The third-order valence-electron chi connectivity index (χ3n) is 6.40. The number of aliphatic carboxylic acids is 1. The molecule has 41 heavy (non-hydrogen) atoms. The normalized spacial score (nSPS) is 15.6. The molecule has 10 nitrogen and oxygen atoms in total. The minimum absolute atomic E-state index is 0.108. The van der Waals surface area contributed by atoms with Crippen molar-refractivity contribution in [1.82, 2.24) is 14.6 Å². The summed E-state index contributed by atoms with van der Waals surface area (Å²) in [5.74, 6) is -1.92. The van der Waals surface area contributed by atoms with Crippen LogP contribution >= 0.6 is 0 Å². The standard InChI is InChI=1S/C25H24N4O4S.C2HF3O2/c1-33-20-6-4-17-5-7-21(14-19(17)13-20)34(31,32)28-23-9-11-29(25(23)30)15-16-2-3-18-8-10-27-24(26)22(18)12-16;3-2(4,5)1(6)7/h2-8,10,12-14,23,28H,9,11,15H2,1H3,(H2,26,27);(H,6,7)/t23-;/m1./s1. The highest BCUT2D eigenvalue weighted by Gasteiger charge is 2.38. The minimum Gasteiger partial charge on any atom is -0.497 e. The second kappa shape index (κ2) is 11.6. The van der Waals surface area contributed by atoms with Crippen LogP contribution in [0.25, 0.3) is 21.5 Å². The van der Waals surface area contributed by atoms with Gasteiger partial charge in [-0.2, -0.15) is 17.9 Å². The van der Waals surface area contributed by atoms with E-state index < -0.39 is 28.2 Å². The van der Waals surface area contributed by atoms with E-state index in [2.05, 4.69) is 9.71 Å². The number of methoxy groups -OCH3 is 1. The van der Waals surface area contributed by atoms with Gasteiger partial charge in [-0.15, -0.1) is 0 Å². The molecule has 14 heteroatoms. The van der Waals surface area contributed by atoms with Gasteiger partial charge in [-0.3, -0.25) is 4.79 Å². The number of halogens is 3. The van der Waals surface area contributed by atoms with Crippen LogP contribution in [0.15, 0.2) is 71.8 Å². The minimum atomic E-state index is -5.08. The van der Waals surface area contributed by atoms with Crippen LogP contribution in [0.1, 0.15) is 12.0 Å². The Kier molecular flexibility index (Phi) is 8.35. The Morgan fingerprint density at radius 3 is 2.46 bits per heavy atom. The number of nitrogens with one attached hydrogen (secondary N) is 1. The number of carbonyl (C=O) groups excluding carboxylic acids is 1. The number of sulfonamides is 1. The molecule has 0 aliphatic carbocycles. The number of hydrogen-bond acceptors (Lipinski definition) is 7. The molecule has 0 radical (unpaired) electrons. The maximum absolute atomic E-state index is 13.0. The number of carbonyl (C=O) groups is 2.